The fourth-order valence-electron chi connectivity index (χ4n) is 4.08. The van der Waals surface area contributed by atoms with Crippen molar-refractivity contribution in [3.05, 3.63) is 54.1 Å². The van der Waals surface area contributed by atoms with Crippen molar-refractivity contribution >= 4 is 24.1 Å². The van der Waals surface area contributed by atoms with E-state index in [2.05, 4.69) is 4.90 Å². The molecule has 4 rings (SSSR count). The van der Waals surface area contributed by atoms with Crippen molar-refractivity contribution in [2.75, 3.05) is 39.6 Å². The second-order valence-electron chi connectivity index (χ2n) is 9.79. The van der Waals surface area contributed by atoms with Crippen molar-refractivity contribution in [1.82, 2.24) is 4.90 Å². The first kappa shape index (κ1) is 32.7. The maximum atomic E-state index is 11.7. The van der Waals surface area contributed by atoms with Gasteiger partial charge in [-0.25, -0.2) is 4.79 Å². The number of hydrogen-bond donors (Lipinski definition) is 4. The molecule has 5 unspecified atom stereocenters. The molecule has 0 bridgehead atoms. The third-order valence-electron chi connectivity index (χ3n) is 5.85. The topological polar surface area (TPSA) is 153 Å². The number of esters is 1. The number of phenols is 1. The van der Waals surface area contributed by atoms with Crippen molar-refractivity contribution in [3.63, 3.8) is 0 Å². The number of phenolic OH excluding ortho intramolecular Hbond substituents is 1. The van der Waals surface area contributed by atoms with Crippen LogP contribution in [0.1, 0.15) is 30.6 Å². The van der Waals surface area contributed by atoms with E-state index in [1.54, 1.807) is 24.3 Å². The number of carbonyl (C=O) groups excluding carboxylic acids is 1. The summed E-state index contributed by atoms with van der Waals surface area (Å²) in [7, 11) is 4.01. The summed E-state index contributed by atoms with van der Waals surface area (Å²) in [5.41, 5.74) is 5.94. The predicted molar refractivity (Wildman–Crippen MR) is 146 cm³/mol. The Labute approximate surface area is 234 Å². The van der Waals surface area contributed by atoms with Crippen LogP contribution >= 0.6 is 12.4 Å². The molecule has 0 saturated carbocycles. The maximum absolute atomic E-state index is 11.7. The zero-order valence-corrected chi connectivity index (χ0v) is 23.4. The Morgan fingerprint density at radius 3 is 2.46 bits per heavy atom. The van der Waals surface area contributed by atoms with E-state index >= 15 is 0 Å². The van der Waals surface area contributed by atoms with Crippen LogP contribution in [0.2, 0.25) is 0 Å². The van der Waals surface area contributed by atoms with Crippen molar-refractivity contribution in [3.8, 4) is 11.5 Å². The number of carbonyl (C=O) groups is 1. The molecular weight excluding hydrogens is 532 g/mol. The summed E-state index contributed by atoms with van der Waals surface area (Å²) in [6.07, 6.45) is -2.17. The van der Waals surface area contributed by atoms with Gasteiger partial charge in [0.25, 0.3) is 0 Å². The molecule has 11 nitrogen and oxygen atoms in total. The SMILES string of the molecule is CN(C)CCCOC1C(C(O)CO)OC2OC(C)(C)OC21.Cl.Nc1ccc(C(=O)Oc2ccccc2)c(O)c1. The van der Waals surface area contributed by atoms with E-state index in [0.717, 1.165) is 13.0 Å². The molecule has 0 aromatic heterocycles. The number of anilines is 1. The molecule has 2 saturated heterocycles. The lowest BCUT2D eigenvalue weighted by Gasteiger charge is -2.28. The number of nitrogen functional groups attached to an aromatic ring is 1. The molecule has 2 aliphatic rings. The lowest BCUT2D eigenvalue weighted by atomic mass is 10.1. The summed E-state index contributed by atoms with van der Waals surface area (Å²) in [6, 6.07) is 12.9. The number of halogens is 1. The first-order valence-electron chi connectivity index (χ1n) is 12.4. The third-order valence-corrected chi connectivity index (χ3v) is 5.85. The molecule has 2 heterocycles. The quantitative estimate of drug-likeness (QED) is 0.152. The minimum atomic E-state index is -1.01. The third kappa shape index (κ3) is 9.30. The van der Waals surface area contributed by atoms with Crippen molar-refractivity contribution in [1.29, 1.82) is 0 Å². The first-order valence-corrected chi connectivity index (χ1v) is 12.4. The number of aliphatic hydroxyl groups is 2. The minimum absolute atomic E-state index is 0. The van der Waals surface area contributed by atoms with Gasteiger partial charge < -0.3 is 49.6 Å². The zero-order valence-electron chi connectivity index (χ0n) is 22.6. The zero-order chi connectivity index (χ0) is 27.9. The van der Waals surface area contributed by atoms with E-state index < -0.39 is 36.4 Å². The fraction of sp³-hybridized carbons (Fsp3) is 0.519. The molecule has 0 aliphatic carbocycles. The molecule has 218 valence electrons. The second-order valence-corrected chi connectivity index (χ2v) is 9.79. The molecule has 2 aromatic rings. The van der Waals surface area contributed by atoms with Crippen LogP contribution in [0.3, 0.4) is 0 Å². The number of aromatic hydroxyl groups is 1. The van der Waals surface area contributed by atoms with Crippen molar-refractivity contribution in [2.45, 2.75) is 56.8 Å². The average Bonchev–Trinajstić information content (AvgIpc) is 3.33. The predicted octanol–water partition coefficient (Wildman–Crippen LogP) is 2.17. The van der Waals surface area contributed by atoms with E-state index in [9.17, 15) is 15.0 Å². The Balaban J connectivity index is 0.000000272. The van der Waals surface area contributed by atoms with Crippen LogP contribution in [0.4, 0.5) is 5.69 Å². The highest BCUT2D eigenvalue weighted by molar-refractivity contribution is 5.94. The highest BCUT2D eigenvalue weighted by Crippen LogP contribution is 2.39. The van der Waals surface area contributed by atoms with E-state index in [-0.39, 0.29) is 36.4 Å². The smallest absolute Gasteiger partial charge is 0.347 e. The maximum Gasteiger partial charge on any atom is 0.347 e. The first-order chi connectivity index (χ1) is 18.0. The number of ether oxygens (including phenoxy) is 5. The minimum Gasteiger partial charge on any atom is -0.507 e. The van der Waals surface area contributed by atoms with Gasteiger partial charge in [-0.05, 0) is 65.2 Å². The highest BCUT2D eigenvalue weighted by atomic mass is 35.5. The van der Waals surface area contributed by atoms with Gasteiger partial charge in [0.15, 0.2) is 12.1 Å². The standard InChI is InChI=1S/C14H27NO6.C13H11NO3.ClH/c1-14(2)20-12-11(18-7-5-6-15(3)4)10(9(17)8-16)19-13(12)21-14;14-9-6-7-11(12(15)8-9)13(16)17-10-4-2-1-3-5-10;/h9-13,16-17H,5-8H2,1-4H3;1-8,15H,14H2;1H. The van der Waals surface area contributed by atoms with Gasteiger partial charge in [0, 0.05) is 18.4 Å². The summed E-state index contributed by atoms with van der Waals surface area (Å²) in [5.74, 6) is -1.11. The highest BCUT2D eigenvalue weighted by Gasteiger charge is 2.56. The molecule has 0 spiro atoms. The van der Waals surface area contributed by atoms with Crippen LogP contribution in [0.5, 0.6) is 11.5 Å². The number of nitrogens with two attached hydrogens (primary N) is 1. The normalized spacial score (nSPS) is 23.8. The Morgan fingerprint density at radius 2 is 1.85 bits per heavy atom. The van der Waals surface area contributed by atoms with E-state index in [1.165, 1.54) is 18.2 Å². The molecule has 12 heteroatoms. The number of rotatable bonds is 9. The number of nitrogens with zero attached hydrogens (tertiary/aromatic N) is 1. The van der Waals surface area contributed by atoms with Gasteiger partial charge in [-0.2, -0.15) is 0 Å². The van der Waals surface area contributed by atoms with Gasteiger partial charge in [0.2, 0.25) is 0 Å². The van der Waals surface area contributed by atoms with Crippen LogP contribution in [0.25, 0.3) is 0 Å². The molecule has 2 fully saturated rings. The fourth-order valence-corrected chi connectivity index (χ4v) is 4.08. The average molecular weight is 571 g/mol. The summed E-state index contributed by atoms with van der Waals surface area (Å²) in [5, 5.41) is 28.6. The summed E-state index contributed by atoms with van der Waals surface area (Å²) in [6.45, 7) is 4.70. The van der Waals surface area contributed by atoms with Gasteiger partial charge in [-0.1, -0.05) is 18.2 Å². The summed E-state index contributed by atoms with van der Waals surface area (Å²) < 4.78 is 28.1. The van der Waals surface area contributed by atoms with Gasteiger partial charge in [0.1, 0.15) is 41.5 Å². The number of aliphatic hydroxyl groups excluding tert-OH is 2. The molecule has 0 radical (unpaired) electrons. The van der Waals surface area contributed by atoms with Gasteiger partial charge in [-0.15, -0.1) is 12.4 Å². The summed E-state index contributed by atoms with van der Waals surface area (Å²) in [4.78, 5) is 13.8. The second kappa shape index (κ2) is 14.8. The molecule has 39 heavy (non-hydrogen) atoms. The van der Waals surface area contributed by atoms with Gasteiger partial charge >= 0.3 is 5.97 Å². The largest absolute Gasteiger partial charge is 0.507 e. The van der Waals surface area contributed by atoms with Crippen LogP contribution < -0.4 is 10.5 Å². The Bertz CT molecular complexity index is 1040. The lowest BCUT2D eigenvalue weighted by molar-refractivity contribution is -0.231. The number of hydrogen-bond acceptors (Lipinski definition) is 11. The van der Waals surface area contributed by atoms with Crippen molar-refractivity contribution in [2.24, 2.45) is 0 Å². The Hall–Kier alpha value is -2.48. The van der Waals surface area contributed by atoms with Gasteiger partial charge in [0.05, 0.1) is 6.61 Å². The van der Waals surface area contributed by atoms with Crippen molar-refractivity contribution < 1.29 is 43.8 Å². The van der Waals surface area contributed by atoms with Crippen LogP contribution in [0.15, 0.2) is 48.5 Å². The van der Waals surface area contributed by atoms with Crippen LogP contribution in [-0.2, 0) is 18.9 Å². The number of para-hydroxylation sites is 1. The Kier molecular flexibility index (Phi) is 12.4. The molecule has 2 aromatic carbocycles. The number of benzene rings is 2. The van der Waals surface area contributed by atoms with Gasteiger partial charge in [-0.3, -0.25) is 0 Å². The van der Waals surface area contributed by atoms with E-state index in [4.69, 9.17) is 34.5 Å². The van der Waals surface area contributed by atoms with Crippen LogP contribution in [0, 0.1) is 0 Å². The summed E-state index contributed by atoms with van der Waals surface area (Å²) >= 11 is 0. The number of fused-ring (bicyclic) bond motifs is 1. The van der Waals surface area contributed by atoms with E-state index in [0.29, 0.717) is 18.0 Å². The molecule has 5 atom stereocenters. The Morgan fingerprint density at radius 1 is 1.15 bits per heavy atom. The molecule has 0 amide bonds. The van der Waals surface area contributed by atoms with E-state index in [1.807, 2.05) is 34.0 Å². The molecule has 5 N–H and O–H groups in total. The monoisotopic (exact) mass is 570 g/mol. The molecule has 2 aliphatic heterocycles. The van der Waals surface area contributed by atoms with Crippen LogP contribution in [-0.4, -0.2) is 96.5 Å². The molecular formula is C27H39ClN2O9. The lowest BCUT2D eigenvalue weighted by Crippen LogP contribution is -2.44.